The van der Waals surface area contributed by atoms with E-state index in [1.807, 2.05) is 0 Å². The van der Waals surface area contributed by atoms with Crippen molar-refractivity contribution < 1.29 is 9.18 Å². The average Bonchev–Trinajstić information content (AvgIpc) is 3.48. The van der Waals surface area contributed by atoms with Crippen LogP contribution in [0.5, 0.6) is 0 Å². The van der Waals surface area contributed by atoms with Crippen LogP contribution in [0.3, 0.4) is 0 Å². The van der Waals surface area contributed by atoms with Gasteiger partial charge in [0.15, 0.2) is 11.3 Å². The summed E-state index contributed by atoms with van der Waals surface area (Å²) in [7, 11) is 0. The zero-order valence-corrected chi connectivity index (χ0v) is 17.2. The van der Waals surface area contributed by atoms with Crippen molar-refractivity contribution in [3.05, 3.63) is 52.4 Å². The molecule has 1 aromatic carbocycles. The fraction of sp³-hybridized carbons (Fsp3) is 0.300. The van der Waals surface area contributed by atoms with Crippen LogP contribution in [-0.4, -0.2) is 36.0 Å². The van der Waals surface area contributed by atoms with Crippen LogP contribution < -0.4 is 11.1 Å². The van der Waals surface area contributed by atoms with Gasteiger partial charge < -0.3 is 16.0 Å². The second-order valence-corrected chi connectivity index (χ2v) is 8.38. The van der Waals surface area contributed by atoms with Crippen LogP contribution >= 0.6 is 11.3 Å². The number of imidazole rings is 1. The van der Waals surface area contributed by atoms with E-state index in [4.69, 9.17) is 5.73 Å². The molecule has 11 heteroatoms. The molecule has 3 aromatic heterocycles. The van der Waals surface area contributed by atoms with Crippen molar-refractivity contribution in [2.45, 2.75) is 38.0 Å². The number of primary amides is 1. The SMILES string of the molecule is NC(=O)c1nc(Cc2cc(F)cc(Nc3nncs3)c2)nc2nc(C3CCCC3)[nH]c12. The first kappa shape index (κ1) is 19.5. The fourth-order valence-corrected chi connectivity index (χ4v) is 4.43. The molecule has 0 spiro atoms. The van der Waals surface area contributed by atoms with Gasteiger partial charge in [0.2, 0.25) is 5.13 Å². The number of nitrogens with zero attached hydrogens (tertiary/aromatic N) is 5. The summed E-state index contributed by atoms with van der Waals surface area (Å²) in [5.74, 6) is 0.418. The third kappa shape index (κ3) is 4.08. The monoisotopic (exact) mass is 438 g/mol. The predicted molar refractivity (Wildman–Crippen MR) is 114 cm³/mol. The normalized spacial score (nSPS) is 14.4. The maximum Gasteiger partial charge on any atom is 0.269 e. The van der Waals surface area contributed by atoms with Gasteiger partial charge in [0, 0.05) is 18.0 Å². The first-order chi connectivity index (χ1) is 15.0. The molecule has 4 N–H and O–H groups in total. The zero-order chi connectivity index (χ0) is 21.4. The molecule has 0 atom stereocenters. The van der Waals surface area contributed by atoms with Gasteiger partial charge in [-0.1, -0.05) is 24.2 Å². The summed E-state index contributed by atoms with van der Waals surface area (Å²) < 4.78 is 14.2. The highest BCUT2D eigenvalue weighted by Crippen LogP contribution is 2.33. The lowest BCUT2D eigenvalue weighted by molar-refractivity contribution is 0.0996. The van der Waals surface area contributed by atoms with E-state index < -0.39 is 11.7 Å². The number of aromatic amines is 1. The highest BCUT2D eigenvalue weighted by molar-refractivity contribution is 7.13. The Morgan fingerprint density at radius 1 is 1.23 bits per heavy atom. The van der Waals surface area contributed by atoms with Gasteiger partial charge in [0.05, 0.1) is 0 Å². The molecular formula is C20H19FN8OS. The van der Waals surface area contributed by atoms with E-state index in [2.05, 4.69) is 35.5 Å². The Bertz CT molecular complexity index is 1250. The quantitative estimate of drug-likeness (QED) is 0.420. The van der Waals surface area contributed by atoms with E-state index in [1.54, 1.807) is 11.6 Å². The van der Waals surface area contributed by atoms with Crippen molar-refractivity contribution in [3.63, 3.8) is 0 Å². The minimum Gasteiger partial charge on any atom is -0.364 e. The first-order valence-electron chi connectivity index (χ1n) is 9.94. The van der Waals surface area contributed by atoms with Gasteiger partial charge in [-0.2, -0.15) is 0 Å². The Hall–Kier alpha value is -3.47. The number of H-pyrrole nitrogens is 1. The number of benzene rings is 1. The van der Waals surface area contributed by atoms with Crippen LogP contribution in [0.25, 0.3) is 11.2 Å². The lowest BCUT2D eigenvalue weighted by Crippen LogP contribution is -2.16. The van der Waals surface area contributed by atoms with Gasteiger partial charge in [0.1, 0.15) is 28.5 Å². The lowest BCUT2D eigenvalue weighted by atomic mass is 10.1. The topological polar surface area (TPSA) is 135 Å². The molecule has 0 radical (unpaired) electrons. The van der Waals surface area contributed by atoms with Crippen LogP contribution in [0.1, 0.15) is 59.3 Å². The van der Waals surface area contributed by atoms with Crippen molar-refractivity contribution in [2.75, 3.05) is 5.32 Å². The second-order valence-electron chi connectivity index (χ2n) is 7.55. The Morgan fingerprint density at radius 2 is 2.06 bits per heavy atom. The molecular weight excluding hydrogens is 419 g/mol. The molecule has 0 aliphatic heterocycles. The number of nitrogens with one attached hydrogen (secondary N) is 2. The average molecular weight is 438 g/mol. The number of rotatable bonds is 6. The molecule has 3 heterocycles. The maximum absolute atomic E-state index is 14.2. The number of hydrogen-bond donors (Lipinski definition) is 3. The van der Waals surface area contributed by atoms with Gasteiger partial charge in [-0.05, 0) is 36.6 Å². The van der Waals surface area contributed by atoms with Crippen LogP contribution in [0, 0.1) is 5.82 Å². The Kier molecular flexibility index (Phi) is 5.02. The van der Waals surface area contributed by atoms with Crippen LogP contribution in [0.15, 0.2) is 23.7 Å². The minimum atomic E-state index is -0.659. The number of hydrogen-bond acceptors (Lipinski definition) is 8. The summed E-state index contributed by atoms with van der Waals surface area (Å²) in [5.41, 5.74) is 9.28. The largest absolute Gasteiger partial charge is 0.364 e. The molecule has 0 bridgehead atoms. The highest BCUT2D eigenvalue weighted by Gasteiger charge is 2.23. The smallest absolute Gasteiger partial charge is 0.269 e. The molecule has 158 valence electrons. The number of carbonyl (C=O) groups is 1. The molecule has 0 saturated heterocycles. The Morgan fingerprint density at radius 3 is 2.81 bits per heavy atom. The number of anilines is 2. The molecule has 1 aliphatic carbocycles. The molecule has 31 heavy (non-hydrogen) atoms. The van der Waals surface area contributed by atoms with Gasteiger partial charge in [-0.3, -0.25) is 4.79 Å². The third-order valence-corrected chi connectivity index (χ3v) is 5.93. The number of nitrogens with two attached hydrogens (primary N) is 1. The number of amides is 1. The molecule has 1 aliphatic rings. The second kappa shape index (κ2) is 7.99. The number of carbonyl (C=O) groups excluding carboxylic acids is 1. The van der Waals surface area contributed by atoms with Crippen LogP contribution in [-0.2, 0) is 6.42 Å². The highest BCUT2D eigenvalue weighted by atomic mass is 32.1. The van der Waals surface area contributed by atoms with E-state index in [0.717, 1.165) is 31.5 Å². The third-order valence-electron chi connectivity index (χ3n) is 5.32. The van der Waals surface area contributed by atoms with E-state index in [1.165, 1.54) is 23.5 Å². The zero-order valence-electron chi connectivity index (χ0n) is 16.4. The minimum absolute atomic E-state index is 0.0976. The molecule has 9 nitrogen and oxygen atoms in total. The molecule has 5 rings (SSSR count). The van der Waals surface area contributed by atoms with Gasteiger partial charge in [0.25, 0.3) is 5.91 Å². The van der Waals surface area contributed by atoms with Crippen molar-refractivity contribution in [1.29, 1.82) is 0 Å². The van der Waals surface area contributed by atoms with Crippen LogP contribution in [0.2, 0.25) is 0 Å². The molecule has 4 aromatic rings. The number of fused-ring (bicyclic) bond motifs is 1. The molecule has 1 fully saturated rings. The first-order valence-corrected chi connectivity index (χ1v) is 10.8. The van der Waals surface area contributed by atoms with Gasteiger partial charge in [-0.25, -0.2) is 19.3 Å². The van der Waals surface area contributed by atoms with Gasteiger partial charge >= 0.3 is 0 Å². The number of halogens is 1. The Balaban J connectivity index is 1.48. The van der Waals surface area contributed by atoms with E-state index in [0.29, 0.717) is 39.3 Å². The Labute approximate surface area is 180 Å². The molecule has 1 amide bonds. The van der Waals surface area contributed by atoms with Crippen molar-refractivity contribution in [3.8, 4) is 0 Å². The summed E-state index contributed by atoms with van der Waals surface area (Å²) in [6.45, 7) is 0. The summed E-state index contributed by atoms with van der Waals surface area (Å²) in [6, 6.07) is 4.54. The molecule has 1 saturated carbocycles. The maximum atomic E-state index is 14.2. The van der Waals surface area contributed by atoms with E-state index in [-0.39, 0.29) is 12.1 Å². The predicted octanol–water partition coefficient (Wildman–Crippen LogP) is 3.43. The summed E-state index contributed by atoms with van der Waals surface area (Å²) in [6.07, 6.45) is 4.65. The summed E-state index contributed by atoms with van der Waals surface area (Å²) >= 11 is 1.31. The summed E-state index contributed by atoms with van der Waals surface area (Å²) in [5, 5.41) is 11.2. The van der Waals surface area contributed by atoms with Gasteiger partial charge in [-0.15, -0.1) is 10.2 Å². The van der Waals surface area contributed by atoms with Crippen molar-refractivity contribution in [2.24, 2.45) is 5.73 Å². The van der Waals surface area contributed by atoms with Crippen LogP contribution in [0.4, 0.5) is 15.2 Å². The summed E-state index contributed by atoms with van der Waals surface area (Å²) in [4.78, 5) is 28.7. The standard InChI is InChI=1S/C20H19FN8OS/c21-12-5-10(6-13(8-12)24-20-29-23-9-31-20)7-14-25-15(17(22)30)16-19(26-14)28-18(27-16)11-3-1-2-4-11/h5-6,8-9,11H,1-4,7H2,(H2,22,30)(H,24,29)(H,25,26,27,28). The number of aromatic nitrogens is 6. The van der Waals surface area contributed by atoms with E-state index >= 15 is 0 Å². The fourth-order valence-electron chi connectivity index (χ4n) is 3.97. The van der Waals surface area contributed by atoms with Crippen molar-refractivity contribution >= 4 is 39.2 Å². The van der Waals surface area contributed by atoms with E-state index in [9.17, 15) is 9.18 Å². The lowest BCUT2D eigenvalue weighted by Gasteiger charge is -2.07. The van der Waals surface area contributed by atoms with Crippen molar-refractivity contribution in [1.82, 2.24) is 30.1 Å². The molecule has 0 unspecified atom stereocenters.